The number of hydrogen-bond donors (Lipinski definition) is 2. The SMILES string of the molecule is C#CCOCCOCCOCCOCCN/C=C\N. The number of rotatable bonds is 14. The van der Waals surface area contributed by atoms with E-state index in [2.05, 4.69) is 11.2 Å². The van der Waals surface area contributed by atoms with Crippen LogP contribution in [0.2, 0.25) is 0 Å². The van der Waals surface area contributed by atoms with E-state index in [9.17, 15) is 0 Å². The first-order valence-corrected chi connectivity index (χ1v) is 6.26. The van der Waals surface area contributed by atoms with E-state index in [1.807, 2.05) is 0 Å². The topological polar surface area (TPSA) is 75.0 Å². The van der Waals surface area contributed by atoms with Gasteiger partial charge in [0.15, 0.2) is 0 Å². The predicted octanol–water partition coefficient (Wildman–Crippen LogP) is -0.294. The molecule has 3 N–H and O–H groups in total. The Hall–Kier alpha value is -1.26. The molecule has 19 heavy (non-hydrogen) atoms. The average molecular weight is 272 g/mol. The van der Waals surface area contributed by atoms with Gasteiger partial charge in [0.25, 0.3) is 0 Å². The molecule has 0 aromatic rings. The minimum absolute atomic E-state index is 0.327. The maximum atomic E-state index is 5.31. The molecule has 0 aliphatic carbocycles. The van der Waals surface area contributed by atoms with E-state index in [1.165, 1.54) is 6.20 Å². The van der Waals surface area contributed by atoms with Crippen LogP contribution in [-0.4, -0.2) is 59.4 Å². The first kappa shape index (κ1) is 17.7. The molecule has 0 amide bonds. The summed E-state index contributed by atoms with van der Waals surface area (Å²) in [6.07, 6.45) is 8.14. The lowest BCUT2D eigenvalue weighted by atomic mass is 10.6. The van der Waals surface area contributed by atoms with Crippen LogP contribution in [0, 0.1) is 12.3 Å². The van der Waals surface area contributed by atoms with Crippen LogP contribution in [0.25, 0.3) is 0 Å². The van der Waals surface area contributed by atoms with Gasteiger partial charge in [-0.1, -0.05) is 5.92 Å². The van der Waals surface area contributed by atoms with Gasteiger partial charge in [-0.3, -0.25) is 0 Å². The first-order chi connectivity index (χ1) is 9.41. The molecule has 0 aliphatic heterocycles. The third-order valence-electron chi connectivity index (χ3n) is 1.91. The highest BCUT2D eigenvalue weighted by molar-refractivity contribution is 4.82. The highest BCUT2D eigenvalue weighted by Gasteiger charge is 1.91. The van der Waals surface area contributed by atoms with E-state index in [-0.39, 0.29) is 0 Å². The Morgan fingerprint density at radius 1 is 0.895 bits per heavy atom. The van der Waals surface area contributed by atoms with Crippen molar-refractivity contribution in [2.24, 2.45) is 5.73 Å². The fraction of sp³-hybridized carbons (Fsp3) is 0.692. The summed E-state index contributed by atoms with van der Waals surface area (Å²) >= 11 is 0. The summed E-state index contributed by atoms with van der Waals surface area (Å²) in [6.45, 7) is 4.94. The molecule has 0 unspecified atom stereocenters. The number of ether oxygens (including phenoxy) is 4. The molecule has 0 saturated heterocycles. The van der Waals surface area contributed by atoms with Crippen LogP contribution < -0.4 is 11.1 Å². The van der Waals surface area contributed by atoms with E-state index in [0.717, 1.165) is 6.54 Å². The van der Waals surface area contributed by atoms with Gasteiger partial charge in [-0.2, -0.15) is 0 Å². The maximum Gasteiger partial charge on any atom is 0.107 e. The molecule has 6 heteroatoms. The Balaban J connectivity index is 2.93. The zero-order valence-electron chi connectivity index (χ0n) is 11.3. The molecule has 0 aromatic heterocycles. The van der Waals surface area contributed by atoms with Crippen LogP contribution in [0.3, 0.4) is 0 Å². The van der Waals surface area contributed by atoms with E-state index >= 15 is 0 Å². The van der Waals surface area contributed by atoms with Crippen LogP contribution in [0.15, 0.2) is 12.4 Å². The van der Waals surface area contributed by atoms with Gasteiger partial charge in [0.05, 0.1) is 46.2 Å². The van der Waals surface area contributed by atoms with Crippen molar-refractivity contribution in [1.29, 1.82) is 0 Å². The first-order valence-electron chi connectivity index (χ1n) is 6.26. The third-order valence-corrected chi connectivity index (χ3v) is 1.91. The van der Waals surface area contributed by atoms with E-state index < -0.39 is 0 Å². The lowest BCUT2D eigenvalue weighted by Crippen LogP contribution is -2.16. The Morgan fingerprint density at radius 2 is 1.42 bits per heavy atom. The average Bonchev–Trinajstić information content (AvgIpc) is 2.43. The van der Waals surface area contributed by atoms with E-state index in [4.69, 9.17) is 31.1 Å². The van der Waals surface area contributed by atoms with Crippen LogP contribution in [0.4, 0.5) is 0 Å². The molecule has 0 aliphatic rings. The number of nitrogens with one attached hydrogen (secondary N) is 1. The summed E-state index contributed by atoms with van der Waals surface area (Å²) in [7, 11) is 0. The summed E-state index contributed by atoms with van der Waals surface area (Å²) in [5, 5.41) is 2.96. The summed E-state index contributed by atoms with van der Waals surface area (Å²) in [6, 6.07) is 0. The predicted molar refractivity (Wildman–Crippen MR) is 73.4 cm³/mol. The lowest BCUT2D eigenvalue weighted by Gasteiger charge is -2.06. The normalized spacial score (nSPS) is 10.7. The monoisotopic (exact) mass is 272 g/mol. The van der Waals surface area contributed by atoms with Gasteiger partial charge >= 0.3 is 0 Å². The molecule has 0 atom stereocenters. The van der Waals surface area contributed by atoms with Crippen molar-refractivity contribution >= 4 is 0 Å². The third kappa shape index (κ3) is 16.7. The van der Waals surface area contributed by atoms with E-state index in [1.54, 1.807) is 6.20 Å². The zero-order chi connectivity index (χ0) is 14.0. The van der Waals surface area contributed by atoms with Gasteiger partial charge < -0.3 is 30.0 Å². The molecule has 0 fully saturated rings. The molecule has 6 nitrogen and oxygen atoms in total. The van der Waals surface area contributed by atoms with Crippen LogP contribution in [0.1, 0.15) is 0 Å². The van der Waals surface area contributed by atoms with Gasteiger partial charge in [-0.15, -0.1) is 6.42 Å². The van der Waals surface area contributed by atoms with Crippen molar-refractivity contribution in [2.45, 2.75) is 0 Å². The zero-order valence-corrected chi connectivity index (χ0v) is 11.3. The summed E-state index contributed by atoms with van der Waals surface area (Å²) < 4.78 is 20.9. The Morgan fingerprint density at radius 3 is 1.95 bits per heavy atom. The van der Waals surface area contributed by atoms with E-state index in [0.29, 0.717) is 52.9 Å². The van der Waals surface area contributed by atoms with Crippen molar-refractivity contribution < 1.29 is 18.9 Å². The molecule has 0 spiro atoms. The second-order valence-corrected chi connectivity index (χ2v) is 3.41. The van der Waals surface area contributed by atoms with Gasteiger partial charge in [-0.25, -0.2) is 0 Å². The van der Waals surface area contributed by atoms with Crippen molar-refractivity contribution in [2.75, 3.05) is 59.4 Å². The molecule has 110 valence electrons. The smallest absolute Gasteiger partial charge is 0.107 e. The van der Waals surface area contributed by atoms with Crippen molar-refractivity contribution in [1.82, 2.24) is 5.32 Å². The van der Waals surface area contributed by atoms with Gasteiger partial charge in [0, 0.05) is 18.9 Å². The van der Waals surface area contributed by atoms with Crippen LogP contribution in [-0.2, 0) is 18.9 Å². The molecular formula is C13H24N2O4. The standard InChI is InChI=1S/C13H24N2O4/c1-2-6-16-8-10-18-12-13-19-11-9-17-7-5-15-4-3-14/h1,3-4,15H,5-14H2/b4-3-. The number of nitrogens with two attached hydrogens (primary N) is 1. The molecule has 0 bridgehead atoms. The molecule has 0 aromatic carbocycles. The number of hydrogen-bond acceptors (Lipinski definition) is 6. The highest BCUT2D eigenvalue weighted by atomic mass is 16.6. The largest absolute Gasteiger partial charge is 0.403 e. The molecular weight excluding hydrogens is 248 g/mol. The molecule has 0 heterocycles. The fourth-order valence-corrected chi connectivity index (χ4v) is 1.07. The highest BCUT2D eigenvalue weighted by Crippen LogP contribution is 1.82. The molecule has 0 saturated carbocycles. The van der Waals surface area contributed by atoms with Gasteiger partial charge in [-0.05, 0) is 0 Å². The summed E-state index contributed by atoms with van der Waals surface area (Å²) in [5.41, 5.74) is 5.15. The minimum atomic E-state index is 0.327. The second-order valence-electron chi connectivity index (χ2n) is 3.41. The summed E-state index contributed by atoms with van der Waals surface area (Å²) in [5.74, 6) is 2.38. The molecule has 0 radical (unpaired) electrons. The van der Waals surface area contributed by atoms with Crippen molar-refractivity contribution in [3.63, 3.8) is 0 Å². The summed E-state index contributed by atoms with van der Waals surface area (Å²) in [4.78, 5) is 0. The number of terminal acetylenes is 1. The second kappa shape index (κ2) is 16.7. The van der Waals surface area contributed by atoms with Gasteiger partial charge in [0.1, 0.15) is 6.61 Å². The Labute approximate surface area is 115 Å². The fourth-order valence-electron chi connectivity index (χ4n) is 1.07. The van der Waals surface area contributed by atoms with Crippen LogP contribution >= 0.6 is 0 Å². The van der Waals surface area contributed by atoms with Crippen molar-refractivity contribution in [3.05, 3.63) is 12.4 Å². The Kier molecular flexibility index (Phi) is 15.6. The van der Waals surface area contributed by atoms with Crippen molar-refractivity contribution in [3.8, 4) is 12.3 Å². The molecule has 0 rings (SSSR count). The minimum Gasteiger partial charge on any atom is -0.403 e. The van der Waals surface area contributed by atoms with Gasteiger partial charge in [0.2, 0.25) is 0 Å². The van der Waals surface area contributed by atoms with Crippen LogP contribution in [0.5, 0.6) is 0 Å². The quantitative estimate of drug-likeness (QED) is 0.334. The Bertz CT molecular complexity index is 241. The maximum absolute atomic E-state index is 5.31. The lowest BCUT2D eigenvalue weighted by molar-refractivity contribution is 0.00190.